The van der Waals surface area contributed by atoms with Gasteiger partial charge in [-0.25, -0.2) is 4.79 Å². The Kier molecular flexibility index (Phi) is 4.94. The maximum absolute atomic E-state index is 12.1. The first kappa shape index (κ1) is 16.5. The Morgan fingerprint density at radius 3 is 2.68 bits per heavy atom. The first-order valence-corrected chi connectivity index (χ1v) is 7.72. The molecular weight excluding hydrogens is 322 g/mol. The standard InChI is InChI=1S/C18H17N3O4/c1-3-24-18(22)17-16(19-21-20-17)14-9-4-5-10-15(14)25-13-8-6-7-12(11-13)23-2/h4-11H,3H2,1-2H3,(H,19,20,21). The van der Waals surface area contributed by atoms with Crippen LogP contribution in [0, 0.1) is 0 Å². The molecule has 0 radical (unpaired) electrons. The molecule has 0 saturated carbocycles. The Labute approximate surface area is 144 Å². The minimum atomic E-state index is -0.539. The Bertz CT molecular complexity index is 876. The van der Waals surface area contributed by atoms with Gasteiger partial charge in [0.1, 0.15) is 22.9 Å². The second-order valence-corrected chi connectivity index (χ2v) is 5.02. The van der Waals surface area contributed by atoms with Gasteiger partial charge in [0.2, 0.25) is 0 Å². The van der Waals surface area contributed by atoms with Gasteiger partial charge >= 0.3 is 5.97 Å². The fourth-order valence-corrected chi connectivity index (χ4v) is 2.30. The number of hydrogen-bond acceptors (Lipinski definition) is 6. The van der Waals surface area contributed by atoms with E-state index in [1.54, 1.807) is 32.2 Å². The third-order valence-corrected chi connectivity index (χ3v) is 3.43. The number of esters is 1. The summed E-state index contributed by atoms with van der Waals surface area (Å²) in [5.74, 6) is 1.29. The van der Waals surface area contributed by atoms with E-state index in [0.29, 0.717) is 28.5 Å². The molecule has 0 bridgehead atoms. The molecule has 25 heavy (non-hydrogen) atoms. The number of nitrogens with zero attached hydrogens (tertiary/aromatic N) is 2. The van der Waals surface area contributed by atoms with E-state index in [1.165, 1.54) is 0 Å². The van der Waals surface area contributed by atoms with Crippen molar-refractivity contribution in [2.75, 3.05) is 13.7 Å². The number of carbonyl (C=O) groups is 1. The van der Waals surface area contributed by atoms with Crippen LogP contribution in [-0.2, 0) is 4.74 Å². The molecule has 1 aromatic heterocycles. The molecule has 0 unspecified atom stereocenters. The maximum Gasteiger partial charge on any atom is 0.361 e. The first-order valence-electron chi connectivity index (χ1n) is 7.72. The number of nitrogens with one attached hydrogen (secondary N) is 1. The number of ether oxygens (including phenoxy) is 3. The van der Waals surface area contributed by atoms with E-state index in [0.717, 1.165) is 0 Å². The molecule has 1 N–H and O–H groups in total. The maximum atomic E-state index is 12.1. The first-order chi connectivity index (χ1) is 12.2. The van der Waals surface area contributed by atoms with Crippen LogP contribution in [-0.4, -0.2) is 35.1 Å². The van der Waals surface area contributed by atoms with Crippen LogP contribution in [0.25, 0.3) is 11.3 Å². The topological polar surface area (TPSA) is 86.3 Å². The highest BCUT2D eigenvalue weighted by Crippen LogP contribution is 2.34. The zero-order valence-corrected chi connectivity index (χ0v) is 13.9. The molecule has 1 heterocycles. The van der Waals surface area contributed by atoms with E-state index in [4.69, 9.17) is 14.2 Å². The van der Waals surface area contributed by atoms with Crippen molar-refractivity contribution in [3.8, 4) is 28.5 Å². The predicted octanol–water partition coefficient (Wildman–Crippen LogP) is 3.45. The molecule has 3 rings (SSSR count). The summed E-state index contributed by atoms with van der Waals surface area (Å²) in [6, 6.07) is 14.5. The van der Waals surface area contributed by atoms with E-state index >= 15 is 0 Å². The molecule has 0 saturated heterocycles. The molecule has 3 aromatic rings. The third kappa shape index (κ3) is 3.60. The Morgan fingerprint density at radius 1 is 1.08 bits per heavy atom. The fourth-order valence-electron chi connectivity index (χ4n) is 2.30. The molecular formula is C18H17N3O4. The molecule has 7 nitrogen and oxygen atoms in total. The Hall–Kier alpha value is -3.35. The molecule has 0 spiro atoms. The largest absolute Gasteiger partial charge is 0.497 e. The van der Waals surface area contributed by atoms with Crippen LogP contribution >= 0.6 is 0 Å². The molecule has 0 atom stereocenters. The van der Waals surface area contributed by atoms with Gasteiger partial charge in [-0.15, -0.1) is 5.10 Å². The highest BCUT2D eigenvalue weighted by atomic mass is 16.5. The van der Waals surface area contributed by atoms with Crippen molar-refractivity contribution in [1.29, 1.82) is 0 Å². The minimum Gasteiger partial charge on any atom is -0.497 e. The SMILES string of the molecule is CCOC(=O)c1n[nH]nc1-c1ccccc1Oc1cccc(OC)c1. The Morgan fingerprint density at radius 2 is 1.88 bits per heavy atom. The number of aromatic nitrogens is 3. The molecule has 7 heteroatoms. The second kappa shape index (κ2) is 7.48. The summed E-state index contributed by atoms with van der Waals surface area (Å²) >= 11 is 0. The van der Waals surface area contributed by atoms with Gasteiger partial charge in [0.15, 0.2) is 5.69 Å². The number of hydrogen-bond donors (Lipinski definition) is 1. The summed E-state index contributed by atoms with van der Waals surface area (Å²) in [7, 11) is 1.59. The lowest BCUT2D eigenvalue weighted by molar-refractivity contribution is 0.0520. The molecule has 0 aliphatic carbocycles. The van der Waals surface area contributed by atoms with Gasteiger partial charge in [-0.2, -0.15) is 10.3 Å². The van der Waals surface area contributed by atoms with E-state index in [9.17, 15) is 4.79 Å². The summed E-state index contributed by atoms with van der Waals surface area (Å²) in [6.45, 7) is 1.99. The fraction of sp³-hybridized carbons (Fsp3) is 0.167. The van der Waals surface area contributed by atoms with Crippen molar-refractivity contribution >= 4 is 5.97 Å². The van der Waals surface area contributed by atoms with Gasteiger partial charge in [0, 0.05) is 11.6 Å². The number of rotatable bonds is 6. The van der Waals surface area contributed by atoms with E-state index in [-0.39, 0.29) is 12.3 Å². The summed E-state index contributed by atoms with van der Waals surface area (Å²) in [5, 5.41) is 10.5. The van der Waals surface area contributed by atoms with Crippen LogP contribution in [0.5, 0.6) is 17.2 Å². The van der Waals surface area contributed by atoms with Crippen molar-refractivity contribution in [2.45, 2.75) is 6.92 Å². The van der Waals surface area contributed by atoms with Gasteiger partial charge in [-0.3, -0.25) is 0 Å². The lowest BCUT2D eigenvalue weighted by Crippen LogP contribution is -2.07. The molecule has 0 fully saturated rings. The van der Waals surface area contributed by atoms with E-state index < -0.39 is 5.97 Å². The highest BCUT2D eigenvalue weighted by molar-refractivity contribution is 5.94. The third-order valence-electron chi connectivity index (χ3n) is 3.43. The zero-order valence-electron chi connectivity index (χ0n) is 13.9. The summed E-state index contributed by atoms with van der Waals surface area (Å²) in [5.41, 5.74) is 1.11. The lowest BCUT2D eigenvalue weighted by Gasteiger charge is -2.11. The van der Waals surface area contributed by atoms with E-state index in [1.807, 2.05) is 30.3 Å². The number of aromatic amines is 1. The van der Waals surface area contributed by atoms with Crippen LogP contribution in [0.15, 0.2) is 48.5 Å². The van der Waals surface area contributed by atoms with Gasteiger partial charge < -0.3 is 14.2 Å². The molecule has 0 aliphatic heterocycles. The average Bonchev–Trinajstić information content (AvgIpc) is 3.12. The molecule has 0 amide bonds. The summed E-state index contributed by atoms with van der Waals surface area (Å²) in [6.07, 6.45) is 0. The smallest absolute Gasteiger partial charge is 0.361 e. The quantitative estimate of drug-likeness (QED) is 0.692. The van der Waals surface area contributed by atoms with Gasteiger partial charge in [0.05, 0.1) is 13.7 Å². The zero-order chi connectivity index (χ0) is 17.6. The molecule has 128 valence electrons. The number of benzene rings is 2. The van der Waals surface area contributed by atoms with Crippen LogP contribution in [0.1, 0.15) is 17.4 Å². The minimum absolute atomic E-state index is 0.114. The normalized spacial score (nSPS) is 10.3. The predicted molar refractivity (Wildman–Crippen MR) is 90.8 cm³/mol. The van der Waals surface area contributed by atoms with Crippen LogP contribution < -0.4 is 9.47 Å². The van der Waals surface area contributed by atoms with Crippen molar-refractivity contribution in [1.82, 2.24) is 15.4 Å². The van der Waals surface area contributed by atoms with Crippen molar-refractivity contribution in [3.63, 3.8) is 0 Å². The van der Waals surface area contributed by atoms with Crippen molar-refractivity contribution in [2.24, 2.45) is 0 Å². The van der Waals surface area contributed by atoms with Gasteiger partial charge in [-0.1, -0.05) is 18.2 Å². The highest BCUT2D eigenvalue weighted by Gasteiger charge is 2.21. The van der Waals surface area contributed by atoms with Crippen LogP contribution in [0.3, 0.4) is 0 Å². The van der Waals surface area contributed by atoms with Crippen molar-refractivity contribution in [3.05, 3.63) is 54.2 Å². The van der Waals surface area contributed by atoms with Gasteiger partial charge in [-0.05, 0) is 31.2 Å². The lowest BCUT2D eigenvalue weighted by atomic mass is 10.1. The number of methoxy groups -OCH3 is 1. The van der Waals surface area contributed by atoms with Crippen LogP contribution in [0.4, 0.5) is 0 Å². The number of para-hydroxylation sites is 1. The summed E-state index contributed by atoms with van der Waals surface area (Å²) in [4.78, 5) is 12.1. The summed E-state index contributed by atoms with van der Waals surface area (Å²) < 4.78 is 16.2. The van der Waals surface area contributed by atoms with Crippen LogP contribution in [0.2, 0.25) is 0 Å². The second-order valence-electron chi connectivity index (χ2n) is 5.02. The number of H-pyrrole nitrogens is 1. The monoisotopic (exact) mass is 339 g/mol. The molecule has 0 aliphatic rings. The average molecular weight is 339 g/mol. The number of carbonyl (C=O) groups excluding carboxylic acids is 1. The Balaban J connectivity index is 1.97. The molecule has 2 aromatic carbocycles. The van der Waals surface area contributed by atoms with E-state index in [2.05, 4.69) is 15.4 Å². The van der Waals surface area contributed by atoms with Gasteiger partial charge in [0.25, 0.3) is 0 Å². The van der Waals surface area contributed by atoms with Crippen molar-refractivity contribution < 1.29 is 19.0 Å².